The highest BCUT2D eigenvalue weighted by Gasteiger charge is 2.21. The Bertz CT molecular complexity index is 720. The van der Waals surface area contributed by atoms with Crippen LogP contribution < -0.4 is 5.32 Å². The largest absolute Gasteiger partial charge is 0.481 e. The van der Waals surface area contributed by atoms with Gasteiger partial charge in [0.2, 0.25) is 5.91 Å². The number of hydrogen-bond donors (Lipinski definition) is 2. The minimum Gasteiger partial charge on any atom is -0.481 e. The van der Waals surface area contributed by atoms with Crippen molar-refractivity contribution < 1.29 is 14.7 Å². The van der Waals surface area contributed by atoms with Crippen molar-refractivity contribution in [2.24, 2.45) is 5.92 Å². The SMILES string of the molecule is CC(C)(C)c1nc(CC(=O)NCC(Cc2ccccc2)C(=O)O)cs1. The van der Waals surface area contributed by atoms with Crippen molar-refractivity contribution in [2.45, 2.75) is 39.0 Å². The molecule has 5 nitrogen and oxygen atoms in total. The van der Waals surface area contributed by atoms with Gasteiger partial charge in [0.05, 0.1) is 23.0 Å². The van der Waals surface area contributed by atoms with Gasteiger partial charge in [-0.3, -0.25) is 9.59 Å². The molecule has 2 rings (SSSR count). The first-order valence-corrected chi connectivity index (χ1v) is 9.12. The Kier molecular flexibility index (Phi) is 6.31. The monoisotopic (exact) mass is 360 g/mol. The van der Waals surface area contributed by atoms with Crippen LogP contribution in [0, 0.1) is 5.92 Å². The van der Waals surface area contributed by atoms with Gasteiger partial charge in [-0.05, 0) is 12.0 Å². The molecule has 0 aliphatic rings. The predicted molar refractivity (Wildman–Crippen MR) is 98.8 cm³/mol. The zero-order chi connectivity index (χ0) is 18.4. The number of carboxylic acid groups (broad SMARTS) is 1. The van der Waals surface area contributed by atoms with E-state index in [1.165, 1.54) is 0 Å². The third-order valence-corrected chi connectivity index (χ3v) is 5.07. The molecule has 1 heterocycles. The van der Waals surface area contributed by atoms with Gasteiger partial charge in [0, 0.05) is 17.3 Å². The molecular formula is C19H24N2O3S. The maximum absolute atomic E-state index is 12.1. The lowest BCUT2D eigenvalue weighted by Gasteiger charge is -2.14. The Morgan fingerprint density at radius 2 is 1.92 bits per heavy atom. The second kappa shape index (κ2) is 8.25. The summed E-state index contributed by atoms with van der Waals surface area (Å²) in [5.41, 5.74) is 1.63. The molecular weight excluding hydrogens is 336 g/mol. The number of nitrogens with one attached hydrogen (secondary N) is 1. The lowest BCUT2D eigenvalue weighted by molar-refractivity contribution is -0.141. The number of rotatable bonds is 7. The number of nitrogens with zero attached hydrogens (tertiary/aromatic N) is 1. The van der Waals surface area contributed by atoms with Gasteiger partial charge in [-0.15, -0.1) is 11.3 Å². The van der Waals surface area contributed by atoms with Crippen LogP contribution >= 0.6 is 11.3 Å². The molecule has 0 saturated carbocycles. The number of aromatic nitrogens is 1. The summed E-state index contributed by atoms with van der Waals surface area (Å²) in [5, 5.41) is 15.0. The summed E-state index contributed by atoms with van der Waals surface area (Å²) >= 11 is 1.54. The van der Waals surface area contributed by atoms with E-state index in [0.717, 1.165) is 16.3 Å². The Morgan fingerprint density at radius 1 is 1.24 bits per heavy atom. The normalized spacial score (nSPS) is 12.6. The van der Waals surface area contributed by atoms with E-state index >= 15 is 0 Å². The average Bonchev–Trinajstić information content (AvgIpc) is 3.01. The molecule has 0 aliphatic heterocycles. The van der Waals surface area contributed by atoms with E-state index in [-0.39, 0.29) is 24.3 Å². The molecule has 2 N–H and O–H groups in total. The molecule has 1 aromatic heterocycles. The number of benzene rings is 1. The quantitative estimate of drug-likeness (QED) is 0.795. The highest BCUT2D eigenvalue weighted by atomic mass is 32.1. The van der Waals surface area contributed by atoms with E-state index in [4.69, 9.17) is 0 Å². The van der Waals surface area contributed by atoms with Crippen LogP contribution in [-0.4, -0.2) is 28.5 Å². The van der Waals surface area contributed by atoms with E-state index in [2.05, 4.69) is 31.1 Å². The molecule has 0 spiro atoms. The highest BCUT2D eigenvalue weighted by molar-refractivity contribution is 7.09. The zero-order valence-corrected chi connectivity index (χ0v) is 15.6. The average molecular weight is 360 g/mol. The summed E-state index contributed by atoms with van der Waals surface area (Å²) in [6.07, 6.45) is 0.561. The van der Waals surface area contributed by atoms with Crippen LogP contribution in [0.2, 0.25) is 0 Å². The fourth-order valence-electron chi connectivity index (χ4n) is 2.34. The zero-order valence-electron chi connectivity index (χ0n) is 14.8. The minimum absolute atomic E-state index is 0.0382. The molecule has 0 fully saturated rings. The van der Waals surface area contributed by atoms with Gasteiger partial charge in [-0.25, -0.2) is 4.98 Å². The Hall–Kier alpha value is -2.21. The van der Waals surface area contributed by atoms with Crippen LogP contribution in [-0.2, 0) is 27.8 Å². The fraction of sp³-hybridized carbons (Fsp3) is 0.421. The summed E-state index contributed by atoms with van der Waals surface area (Å²) in [7, 11) is 0. The van der Waals surface area contributed by atoms with Crippen LogP contribution in [0.4, 0.5) is 0 Å². The highest BCUT2D eigenvalue weighted by Crippen LogP contribution is 2.25. The van der Waals surface area contributed by atoms with Gasteiger partial charge in [0.1, 0.15) is 0 Å². The summed E-state index contributed by atoms with van der Waals surface area (Å²) in [4.78, 5) is 28.0. The second-order valence-corrected chi connectivity index (χ2v) is 7.96. The van der Waals surface area contributed by atoms with E-state index < -0.39 is 11.9 Å². The van der Waals surface area contributed by atoms with E-state index in [0.29, 0.717) is 6.42 Å². The van der Waals surface area contributed by atoms with Gasteiger partial charge >= 0.3 is 5.97 Å². The minimum atomic E-state index is -0.909. The number of aliphatic carboxylic acids is 1. The third kappa shape index (κ3) is 5.98. The van der Waals surface area contributed by atoms with E-state index in [1.807, 2.05) is 35.7 Å². The molecule has 1 atom stereocenters. The van der Waals surface area contributed by atoms with Gasteiger partial charge < -0.3 is 10.4 Å². The first-order chi connectivity index (χ1) is 11.8. The number of amides is 1. The molecule has 1 unspecified atom stereocenters. The van der Waals surface area contributed by atoms with Crippen molar-refractivity contribution in [2.75, 3.05) is 6.54 Å². The van der Waals surface area contributed by atoms with E-state index in [9.17, 15) is 14.7 Å². The summed E-state index contributed by atoms with van der Waals surface area (Å²) in [6.45, 7) is 6.35. The number of carbonyl (C=O) groups excluding carboxylic acids is 1. The van der Waals surface area contributed by atoms with Crippen molar-refractivity contribution >= 4 is 23.2 Å². The van der Waals surface area contributed by atoms with Crippen molar-refractivity contribution in [1.29, 1.82) is 0 Å². The van der Waals surface area contributed by atoms with Crippen LogP contribution in [0.15, 0.2) is 35.7 Å². The van der Waals surface area contributed by atoms with Gasteiger partial charge in [0.15, 0.2) is 0 Å². The third-order valence-electron chi connectivity index (χ3n) is 3.75. The molecule has 6 heteroatoms. The standard InChI is InChI=1S/C19H24N2O3S/c1-19(2,3)18-21-15(12-25-18)10-16(22)20-11-14(17(23)24)9-13-7-5-4-6-8-13/h4-8,12,14H,9-11H2,1-3H3,(H,20,22)(H,23,24). The topological polar surface area (TPSA) is 79.3 Å². The van der Waals surface area contributed by atoms with Crippen LogP contribution in [0.3, 0.4) is 0 Å². The van der Waals surface area contributed by atoms with Crippen LogP contribution in [0.25, 0.3) is 0 Å². The van der Waals surface area contributed by atoms with Crippen molar-refractivity contribution in [3.63, 3.8) is 0 Å². The van der Waals surface area contributed by atoms with Gasteiger partial charge in [-0.1, -0.05) is 51.1 Å². The molecule has 0 bridgehead atoms. The molecule has 1 amide bonds. The first-order valence-electron chi connectivity index (χ1n) is 8.24. The first kappa shape index (κ1) is 19.1. The molecule has 25 heavy (non-hydrogen) atoms. The maximum atomic E-state index is 12.1. The number of hydrogen-bond acceptors (Lipinski definition) is 4. The Balaban J connectivity index is 1.88. The lowest BCUT2D eigenvalue weighted by atomic mass is 9.98. The van der Waals surface area contributed by atoms with Gasteiger partial charge in [-0.2, -0.15) is 0 Å². The van der Waals surface area contributed by atoms with Gasteiger partial charge in [0.25, 0.3) is 0 Å². The molecule has 0 aliphatic carbocycles. The fourth-order valence-corrected chi connectivity index (χ4v) is 3.25. The van der Waals surface area contributed by atoms with E-state index in [1.54, 1.807) is 11.3 Å². The Morgan fingerprint density at radius 3 is 2.48 bits per heavy atom. The molecule has 1 aromatic carbocycles. The van der Waals surface area contributed by atoms with Crippen molar-refractivity contribution in [3.05, 3.63) is 52.0 Å². The van der Waals surface area contributed by atoms with Crippen molar-refractivity contribution in [3.8, 4) is 0 Å². The van der Waals surface area contributed by atoms with Crippen LogP contribution in [0.5, 0.6) is 0 Å². The number of carbonyl (C=O) groups is 2. The summed E-state index contributed by atoms with van der Waals surface area (Å²) < 4.78 is 0. The second-order valence-electron chi connectivity index (χ2n) is 7.10. The summed E-state index contributed by atoms with van der Waals surface area (Å²) in [6, 6.07) is 9.42. The molecule has 2 aromatic rings. The predicted octanol–water partition coefficient (Wildman–Crippen LogP) is 3.04. The molecule has 134 valence electrons. The number of thiazole rings is 1. The smallest absolute Gasteiger partial charge is 0.308 e. The van der Waals surface area contributed by atoms with Crippen LogP contribution in [0.1, 0.15) is 37.0 Å². The molecule has 0 radical (unpaired) electrons. The lowest BCUT2D eigenvalue weighted by Crippen LogP contribution is -2.35. The summed E-state index contributed by atoms with van der Waals surface area (Å²) in [5.74, 6) is -1.76. The Labute approximate surface area is 152 Å². The van der Waals surface area contributed by atoms with Crippen molar-refractivity contribution in [1.82, 2.24) is 10.3 Å². The number of carboxylic acids is 1. The molecule has 0 saturated heterocycles. The maximum Gasteiger partial charge on any atom is 0.308 e.